The molecule has 5 nitrogen and oxygen atoms in total. The van der Waals surface area contributed by atoms with Crippen LogP contribution in [0.15, 0.2) is 22.7 Å². The second-order valence-electron chi connectivity index (χ2n) is 3.77. The number of anilines is 1. The topological polar surface area (TPSA) is 62.3 Å². The highest BCUT2D eigenvalue weighted by Crippen LogP contribution is 2.38. The second-order valence-corrected chi connectivity index (χ2v) is 4.62. The van der Waals surface area contributed by atoms with E-state index in [2.05, 4.69) is 21.0 Å². The van der Waals surface area contributed by atoms with Crippen LogP contribution in [0.1, 0.15) is 0 Å². The van der Waals surface area contributed by atoms with Crippen LogP contribution in [0.2, 0.25) is 0 Å². The van der Waals surface area contributed by atoms with Crippen LogP contribution in [0.3, 0.4) is 0 Å². The number of hydrogen-bond donors (Lipinski definition) is 1. The predicted molar refractivity (Wildman–Crippen MR) is 73.9 cm³/mol. The van der Waals surface area contributed by atoms with Gasteiger partial charge < -0.3 is 15.2 Å². The normalized spacial score (nSPS) is 10.4. The molecule has 0 spiro atoms. The predicted octanol–water partition coefficient (Wildman–Crippen LogP) is 2.45. The summed E-state index contributed by atoms with van der Waals surface area (Å²) < 4.78 is 13.0. The SMILES string of the molecule is COc1cc(OC)c(-c2cc(N)n(C)n2)cc1Br. The van der Waals surface area contributed by atoms with Crippen molar-refractivity contribution in [1.29, 1.82) is 0 Å². The molecule has 0 saturated carbocycles. The molecule has 6 heteroatoms. The van der Waals surface area contributed by atoms with Gasteiger partial charge in [-0.3, -0.25) is 4.68 Å². The largest absolute Gasteiger partial charge is 0.496 e. The summed E-state index contributed by atoms with van der Waals surface area (Å²) in [5.41, 5.74) is 7.41. The van der Waals surface area contributed by atoms with Crippen molar-refractivity contribution in [1.82, 2.24) is 9.78 Å². The van der Waals surface area contributed by atoms with E-state index in [1.807, 2.05) is 12.1 Å². The third-order valence-electron chi connectivity index (χ3n) is 2.67. The smallest absolute Gasteiger partial charge is 0.136 e. The summed E-state index contributed by atoms with van der Waals surface area (Å²) in [6, 6.07) is 5.51. The molecule has 1 aromatic heterocycles. The Balaban J connectivity index is 2.59. The summed E-state index contributed by atoms with van der Waals surface area (Å²) in [7, 11) is 5.01. The Morgan fingerprint density at radius 1 is 1.17 bits per heavy atom. The molecule has 0 amide bonds. The molecule has 0 aliphatic rings. The number of ether oxygens (including phenoxy) is 2. The third-order valence-corrected chi connectivity index (χ3v) is 3.29. The van der Waals surface area contributed by atoms with Gasteiger partial charge >= 0.3 is 0 Å². The van der Waals surface area contributed by atoms with Gasteiger partial charge in [0.1, 0.15) is 17.3 Å². The van der Waals surface area contributed by atoms with Crippen molar-refractivity contribution in [2.24, 2.45) is 7.05 Å². The fraction of sp³-hybridized carbons (Fsp3) is 0.250. The molecule has 0 fully saturated rings. The lowest BCUT2D eigenvalue weighted by atomic mass is 10.1. The minimum Gasteiger partial charge on any atom is -0.496 e. The van der Waals surface area contributed by atoms with E-state index in [-0.39, 0.29) is 0 Å². The average molecular weight is 312 g/mol. The lowest BCUT2D eigenvalue weighted by molar-refractivity contribution is 0.393. The van der Waals surface area contributed by atoms with E-state index >= 15 is 0 Å². The van der Waals surface area contributed by atoms with Crippen molar-refractivity contribution in [3.63, 3.8) is 0 Å². The summed E-state index contributed by atoms with van der Waals surface area (Å²) >= 11 is 3.45. The minimum atomic E-state index is 0.596. The second kappa shape index (κ2) is 4.89. The van der Waals surface area contributed by atoms with Crippen LogP contribution in [-0.4, -0.2) is 24.0 Å². The number of hydrogen-bond acceptors (Lipinski definition) is 4. The molecule has 0 saturated heterocycles. The number of nitrogens with two attached hydrogens (primary N) is 1. The zero-order valence-electron chi connectivity index (χ0n) is 10.4. The zero-order valence-corrected chi connectivity index (χ0v) is 12.0. The average Bonchev–Trinajstić information content (AvgIpc) is 2.69. The van der Waals surface area contributed by atoms with Crippen molar-refractivity contribution in [2.75, 3.05) is 20.0 Å². The molecule has 2 aromatic rings. The summed E-state index contributed by atoms with van der Waals surface area (Å²) in [4.78, 5) is 0. The molecule has 2 rings (SSSR count). The molecule has 0 aliphatic heterocycles. The summed E-state index contributed by atoms with van der Waals surface area (Å²) in [5.74, 6) is 1.99. The first-order valence-electron chi connectivity index (χ1n) is 5.28. The highest BCUT2D eigenvalue weighted by Gasteiger charge is 2.14. The highest BCUT2D eigenvalue weighted by molar-refractivity contribution is 9.10. The Morgan fingerprint density at radius 2 is 1.83 bits per heavy atom. The quantitative estimate of drug-likeness (QED) is 0.945. The van der Waals surface area contributed by atoms with Gasteiger partial charge in [0.2, 0.25) is 0 Å². The van der Waals surface area contributed by atoms with Crippen LogP contribution in [-0.2, 0) is 7.05 Å². The van der Waals surface area contributed by atoms with E-state index in [1.54, 1.807) is 32.0 Å². The fourth-order valence-corrected chi connectivity index (χ4v) is 2.18. The number of rotatable bonds is 3. The molecule has 0 bridgehead atoms. The molecule has 0 aliphatic carbocycles. The summed E-state index contributed by atoms with van der Waals surface area (Å²) in [5, 5.41) is 4.34. The van der Waals surface area contributed by atoms with E-state index < -0.39 is 0 Å². The van der Waals surface area contributed by atoms with Gasteiger partial charge in [-0.2, -0.15) is 5.10 Å². The monoisotopic (exact) mass is 311 g/mol. The molecule has 18 heavy (non-hydrogen) atoms. The van der Waals surface area contributed by atoms with Crippen LogP contribution >= 0.6 is 15.9 Å². The molecule has 1 heterocycles. The number of nitrogen functional groups attached to an aromatic ring is 1. The van der Waals surface area contributed by atoms with Crippen molar-refractivity contribution in [3.8, 4) is 22.8 Å². The van der Waals surface area contributed by atoms with Crippen molar-refractivity contribution in [2.45, 2.75) is 0 Å². The van der Waals surface area contributed by atoms with Crippen LogP contribution in [0.4, 0.5) is 5.82 Å². The Hall–Kier alpha value is -1.69. The van der Waals surface area contributed by atoms with Gasteiger partial charge in [-0.15, -0.1) is 0 Å². The molecular weight excluding hydrogens is 298 g/mol. The first-order chi connectivity index (χ1) is 8.56. The molecular formula is C12H14BrN3O2. The number of methoxy groups -OCH3 is 2. The minimum absolute atomic E-state index is 0.596. The van der Waals surface area contributed by atoms with Gasteiger partial charge in [-0.1, -0.05) is 0 Å². The molecule has 0 unspecified atom stereocenters. The Labute approximate surface area is 114 Å². The van der Waals surface area contributed by atoms with Gasteiger partial charge in [0.25, 0.3) is 0 Å². The molecule has 1 aromatic carbocycles. The first kappa shape index (κ1) is 12.8. The zero-order chi connectivity index (χ0) is 13.3. The van der Waals surface area contributed by atoms with Gasteiger partial charge in [0.05, 0.1) is 24.4 Å². The van der Waals surface area contributed by atoms with Gasteiger partial charge in [-0.25, -0.2) is 0 Å². The molecule has 2 N–H and O–H groups in total. The van der Waals surface area contributed by atoms with Crippen molar-refractivity contribution < 1.29 is 9.47 Å². The van der Waals surface area contributed by atoms with Crippen molar-refractivity contribution in [3.05, 3.63) is 22.7 Å². The lowest BCUT2D eigenvalue weighted by Gasteiger charge is -2.10. The van der Waals surface area contributed by atoms with Gasteiger partial charge in [0, 0.05) is 24.7 Å². The Bertz CT molecular complexity index is 561. The lowest BCUT2D eigenvalue weighted by Crippen LogP contribution is -1.97. The first-order valence-corrected chi connectivity index (χ1v) is 6.07. The summed E-state index contributed by atoms with van der Waals surface area (Å²) in [6.07, 6.45) is 0. The number of halogens is 1. The van der Waals surface area contributed by atoms with Crippen LogP contribution < -0.4 is 15.2 Å². The Kier molecular flexibility index (Phi) is 3.47. The van der Waals surface area contributed by atoms with Crippen LogP contribution in [0.25, 0.3) is 11.3 Å². The van der Waals surface area contributed by atoms with Gasteiger partial charge in [-0.05, 0) is 22.0 Å². The maximum atomic E-state index is 5.79. The third kappa shape index (κ3) is 2.15. The molecule has 0 atom stereocenters. The number of nitrogens with zero attached hydrogens (tertiary/aromatic N) is 2. The summed E-state index contributed by atoms with van der Waals surface area (Å²) in [6.45, 7) is 0. The standard InChI is InChI=1S/C12H14BrN3O2/c1-16-12(14)5-9(15-16)7-4-8(13)11(18-3)6-10(7)17-2/h4-6H,14H2,1-3H3. The number of benzene rings is 1. The fourth-order valence-electron chi connectivity index (χ4n) is 1.67. The van der Waals surface area contributed by atoms with E-state index in [0.29, 0.717) is 17.3 Å². The number of aromatic nitrogens is 2. The Morgan fingerprint density at radius 3 is 2.33 bits per heavy atom. The maximum Gasteiger partial charge on any atom is 0.136 e. The maximum absolute atomic E-state index is 5.79. The molecule has 0 radical (unpaired) electrons. The van der Waals surface area contributed by atoms with E-state index in [4.69, 9.17) is 15.2 Å². The highest BCUT2D eigenvalue weighted by atomic mass is 79.9. The van der Waals surface area contributed by atoms with E-state index in [9.17, 15) is 0 Å². The van der Waals surface area contributed by atoms with Gasteiger partial charge in [0.15, 0.2) is 0 Å². The molecule has 96 valence electrons. The van der Waals surface area contributed by atoms with Crippen LogP contribution in [0, 0.1) is 0 Å². The van der Waals surface area contributed by atoms with Crippen molar-refractivity contribution >= 4 is 21.7 Å². The van der Waals surface area contributed by atoms with Crippen LogP contribution in [0.5, 0.6) is 11.5 Å². The number of aryl methyl sites for hydroxylation is 1. The van der Waals surface area contributed by atoms with E-state index in [0.717, 1.165) is 15.7 Å². The van der Waals surface area contributed by atoms with E-state index in [1.165, 1.54) is 0 Å².